The molecular weight excluding hydrogens is 300 g/mol. The van der Waals surface area contributed by atoms with Gasteiger partial charge in [-0.3, -0.25) is 0 Å². The molecule has 3 aliphatic heterocycles. The third kappa shape index (κ3) is 2.57. The summed E-state index contributed by atoms with van der Waals surface area (Å²) in [6.45, 7) is 13.1. The summed E-state index contributed by atoms with van der Waals surface area (Å²) >= 11 is 0. The van der Waals surface area contributed by atoms with Crippen molar-refractivity contribution in [2.45, 2.75) is 96.9 Å². The van der Waals surface area contributed by atoms with Crippen LogP contribution in [-0.2, 0) is 19.3 Å². The number of hydrogen-bond acceptors (Lipinski definition) is 3. The Kier molecular flexibility index (Phi) is 3.24. The van der Waals surface area contributed by atoms with Crippen LogP contribution in [0.15, 0.2) is 0 Å². The van der Waals surface area contributed by atoms with Crippen molar-refractivity contribution in [3.63, 3.8) is 0 Å². The van der Waals surface area contributed by atoms with Gasteiger partial charge in [0.1, 0.15) is 34.1 Å². The van der Waals surface area contributed by atoms with Gasteiger partial charge in [0.2, 0.25) is 0 Å². The fraction of sp³-hybridized carbons (Fsp3) is 0.714. The van der Waals surface area contributed by atoms with Crippen molar-refractivity contribution in [3.05, 3.63) is 16.7 Å². The van der Waals surface area contributed by atoms with Crippen molar-refractivity contribution < 1.29 is 14.2 Å². The molecule has 0 aromatic heterocycles. The molecule has 24 heavy (non-hydrogen) atoms. The van der Waals surface area contributed by atoms with E-state index >= 15 is 0 Å². The lowest BCUT2D eigenvalue weighted by Crippen LogP contribution is -2.39. The van der Waals surface area contributed by atoms with Crippen LogP contribution in [0.1, 0.15) is 77.5 Å². The Morgan fingerprint density at radius 2 is 0.750 bits per heavy atom. The molecule has 0 radical (unpaired) electrons. The molecule has 3 aliphatic rings. The third-order valence-corrected chi connectivity index (χ3v) is 5.71. The summed E-state index contributed by atoms with van der Waals surface area (Å²) in [6, 6.07) is 0. The Balaban J connectivity index is 1.93. The largest absolute Gasteiger partial charge is 0.487 e. The minimum Gasteiger partial charge on any atom is -0.487 e. The molecule has 0 saturated heterocycles. The van der Waals surface area contributed by atoms with Gasteiger partial charge >= 0.3 is 0 Å². The molecule has 132 valence electrons. The smallest absolute Gasteiger partial charge is 0.133 e. The van der Waals surface area contributed by atoms with Crippen molar-refractivity contribution >= 4 is 0 Å². The molecule has 4 rings (SSSR count). The van der Waals surface area contributed by atoms with E-state index in [1.54, 1.807) is 0 Å². The van der Waals surface area contributed by atoms with Gasteiger partial charge in [0.25, 0.3) is 0 Å². The monoisotopic (exact) mass is 330 g/mol. The highest BCUT2D eigenvalue weighted by Gasteiger charge is 2.41. The molecule has 0 unspecified atom stereocenters. The summed E-state index contributed by atoms with van der Waals surface area (Å²) in [4.78, 5) is 0. The number of fused-ring (bicyclic) bond motifs is 6. The molecule has 0 atom stereocenters. The van der Waals surface area contributed by atoms with Crippen LogP contribution in [0, 0.1) is 0 Å². The predicted octanol–water partition coefficient (Wildman–Crippen LogP) is 5.00. The van der Waals surface area contributed by atoms with Crippen LogP contribution in [-0.4, -0.2) is 16.8 Å². The Hall–Kier alpha value is -1.38. The SMILES string of the molecule is CC1(C)CCc2c(c3c(c4c2OC(C)(C)CC4)OC(C)(C)CC3)O1. The van der Waals surface area contributed by atoms with Crippen LogP contribution in [0.4, 0.5) is 0 Å². The highest BCUT2D eigenvalue weighted by Crippen LogP contribution is 2.54. The van der Waals surface area contributed by atoms with E-state index in [0.717, 1.165) is 55.8 Å². The second-order valence-corrected chi connectivity index (χ2v) is 9.51. The first-order chi connectivity index (χ1) is 11.1. The van der Waals surface area contributed by atoms with Gasteiger partial charge in [-0.15, -0.1) is 0 Å². The van der Waals surface area contributed by atoms with E-state index < -0.39 is 0 Å². The summed E-state index contributed by atoms with van der Waals surface area (Å²) in [5.41, 5.74) is 3.47. The maximum atomic E-state index is 6.46. The summed E-state index contributed by atoms with van der Waals surface area (Å²) in [7, 11) is 0. The minimum atomic E-state index is -0.119. The zero-order valence-electron chi connectivity index (χ0n) is 16.0. The standard InChI is InChI=1S/C21H30O3/c1-19(2)10-7-13-16(22-19)14-8-11-20(3,4)24-18(14)15-9-12-21(5,6)23-17(13)15/h7-12H2,1-6H3. The van der Waals surface area contributed by atoms with E-state index in [4.69, 9.17) is 14.2 Å². The Morgan fingerprint density at radius 1 is 0.500 bits per heavy atom. The summed E-state index contributed by atoms with van der Waals surface area (Å²) in [6.07, 6.45) is 6.16. The van der Waals surface area contributed by atoms with E-state index in [1.165, 1.54) is 16.7 Å². The van der Waals surface area contributed by atoms with E-state index in [2.05, 4.69) is 41.5 Å². The Bertz CT molecular complexity index is 581. The molecule has 3 heteroatoms. The summed E-state index contributed by atoms with van der Waals surface area (Å²) in [5.74, 6) is 3.15. The van der Waals surface area contributed by atoms with Gasteiger partial charge in [0, 0.05) is 16.7 Å². The van der Waals surface area contributed by atoms with Crippen molar-refractivity contribution in [2.75, 3.05) is 0 Å². The van der Waals surface area contributed by atoms with Gasteiger partial charge in [0.15, 0.2) is 0 Å². The van der Waals surface area contributed by atoms with Crippen LogP contribution in [0.2, 0.25) is 0 Å². The highest BCUT2D eigenvalue weighted by molar-refractivity contribution is 5.65. The maximum absolute atomic E-state index is 6.46. The van der Waals surface area contributed by atoms with Crippen LogP contribution < -0.4 is 14.2 Å². The molecule has 1 aromatic carbocycles. The van der Waals surface area contributed by atoms with Gasteiger partial charge in [0.05, 0.1) is 0 Å². The van der Waals surface area contributed by atoms with Crippen LogP contribution in [0.25, 0.3) is 0 Å². The number of hydrogen-bond donors (Lipinski definition) is 0. The van der Waals surface area contributed by atoms with Gasteiger partial charge < -0.3 is 14.2 Å². The van der Waals surface area contributed by atoms with E-state index in [0.29, 0.717) is 0 Å². The lowest BCUT2D eigenvalue weighted by Gasteiger charge is -2.43. The molecular formula is C21H30O3. The lowest BCUT2D eigenvalue weighted by molar-refractivity contribution is 0.0496. The quantitative estimate of drug-likeness (QED) is 0.670. The molecule has 0 bridgehead atoms. The predicted molar refractivity (Wildman–Crippen MR) is 95.5 cm³/mol. The van der Waals surface area contributed by atoms with Crippen molar-refractivity contribution in [1.29, 1.82) is 0 Å². The zero-order chi connectivity index (χ0) is 17.3. The fourth-order valence-electron chi connectivity index (χ4n) is 4.17. The van der Waals surface area contributed by atoms with Gasteiger partial charge in [-0.25, -0.2) is 0 Å². The van der Waals surface area contributed by atoms with E-state index in [1.807, 2.05) is 0 Å². The first-order valence-corrected chi connectivity index (χ1v) is 9.35. The summed E-state index contributed by atoms with van der Waals surface area (Å²) in [5, 5.41) is 0. The van der Waals surface area contributed by atoms with Crippen molar-refractivity contribution in [1.82, 2.24) is 0 Å². The number of rotatable bonds is 0. The van der Waals surface area contributed by atoms with Crippen molar-refractivity contribution in [2.24, 2.45) is 0 Å². The normalized spacial score (nSPS) is 25.2. The van der Waals surface area contributed by atoms with E-state index in [-0.39, 0.29) is 16.8 Å². The van der Waals surface area contributed by atoms with Crippen molar-refractivity contribution in [3.8, 4) is 17.2 Å². The molecule has 0 fully saturated rings. The van der Waals surface area contributed by atoms with Crippen LogP contribution in [0.5, 0.6) is 17.2 Å². The zero-order valence-corrected chi connectivity index (χ0v) is 16.0. The molecule has 3 heterocycles. The van der Waals surface area contributed by atoms with Gasteiger partial charge in [-0.1, -0.05) is 0 Å². The Morgan fingerprint density at radius 3 is 1.00 bits per heavy atom. The summed E-state index contributed by atoms with van der Waals surface area (Å²) < 4.78 is 19.4. The first-order valence-electron chi connectivity index (χ1n) is 9.35. The Labute approximate surface area is 145 Å². The average molecular weight is 330 g/mol. The molecule has 1 aromatic rings. The number of ether oxygens (including phenoxy) is 3. The number of benzene rings is 1. The lowest BCUT2D eigenvalue weighted by atomic mass is 9.82. The molecule has 0 aliphatic carbocycles. The molecule has 0 N–H and O–H groups in total. The van der Waals surface area contributed by atoms with Gasteiger partial charge in [-0.05, 0) is 80.1 Å². The highest BCUT2D eigenvalue weighted by atomic mass is 16.5. The van der Waals surface area contributed by atoms with Crippen LogP contribution in [0.3, 0.4) is 0 Å². The van der Waals surface area contributed by atoms with Gasteiger partial charge in [-0.2, -0.15) is 0 Å². The second kappa shape index (κ2) is 4.83. The average Bonchev–Trinajstić information content (AvgIpc) is 2.44. The topological polar surface area (TPSA) is 27.7 Å². The van der Waals surface area contributed by atoms with E-state index in [9.17, 15) is 0 Å². The molecule has 0 amide bonds. The maximum Gasteiger partial charge on any atom is 0.133 e. The molecule has 0 saturated carbocycles. The third-order valence-electron chi connectivity index (χ3n) is 5.71. The molecule has 3 nitrogen and oxygen atoms in total. The van der Waals surface area contributed by atoms with Crippen LogP contribution >= 0.6 is 0 Å². The fourth-order valence-corrected chi connectivity index (χ4v) is 4.17. The molecule has 0 spiro atoms. The first kappa shape index (κ1) is 16.1. The second-order valence-electron chi connectivity index (χ2n) is 9.51. The minimum absolute atomic E-state index is 0.119.